The van der Waals surface area contributed by atoms with Gasteiger partial charge in [-0.1, -0.05) is 13.8 Å². The first kappa shape index (κ1) is 12.5. The maximum Gasteiger partial charge on any atom is 0.119 e. The van der Waals surface area contributed by atoms with Crippen LogP contribution >= 0.6 is 0 Å². The van der Waals surface area contributed by atoms with Crippen LogP contribution in [0.25, 0.3) is 11.1 Å². The zero-order valence-corrected chi connectivity index (χ0v) is 11.1. The average Bonchev–Trinajstić information content (AvgIpc) is 2.77. The lowest BCUT2D eigenvalue weighted by Crippen LogP contribution is -2.04. The highest BCUT2D eigenvalue weighted by atomic mass is 16.5. The number of nitrogens with zero attached hydrogens (tertiary/aromatic N) is 2. The van der Waals surface area contributed by atoms with Crippen LogP contribution < -0.4 is 10.5 Å². The van der Waals surface area contributed by atoms with Crippen LogP contribution in [0, 0.1) is 5.92 Å². The van der Waals surface area contributed by atoms with E-state index in [0.29, 0.717) is 5.92 Å². The van der Waals surface area contributed by atoms with Crippen molar-refractivity contribution in [3.63, 3.8) is 0 Å². The molecule has 2 N–H and O–H groups in total. The minimum atomic E-state index is 0.570. The molecule has 1 aromatic carbocycles. The van der Waals surface area contributed by atoms with Gasteiger partial charge in [-0.15, -0.1) is 0 Å². The quantitative estimate of drug-likeness (QED) is 0.843. The van der Waals surface area contributed by atoms with Crippen LogP contribution in [0.4, 0.5) is 5.69 Å². The van der Waals surface area contributed by atoms with Gasteiger partial charge in [0.15, 0.2) is 0 Å². The van der Waals surface area contributed by atoms with Gasteiger partial charge >= 0.3 is 0 Å². The highest BCUT2D eigenvalue weighted by molar-refractivity contribution is 5.76. The second-order valence-electron chi connectivity index (χ2n) is 4.80. The molecule has 1 heterocycles. The van der Waals surface area contributed by atoms with E-state index in [1.165, 1.54) is 0 Å². The molecular weight excluding hydrogens is 226 g/mol. The normalized spacial score (nSPS) is 10.9. The maximum atomic E-state index is 5.99. The number of rotatable bonds is 4. The second-order valence-corrected chi connectivity index (χ2v) is 4.80. The Morgan fingerprint density at radius 2 is 2.17 bits per heavy atom. The SMILES string of the molecule is COc1ccc(N)c(-c2cnn(CC(C)C)c2)c1. The largest absolute Gasteiger partial charge is 0.497 e. The van der Waals surface area contributed by atoms with Gasteiger partial charge in [0, 0.05) is 29.6 Å². The van der Waals surface area contributed by atoms with E-state index in [1.807, 2.05) is 35.3 Å². The minimum absolute atomic E-state index is 0.570. The summed E-state index contributed by atoms with van der Waals surface area (Å²) < 4.78 is 7.16. The van der Waals surface area contributed by atoms with Crippen LogP contribution in [-0.2, 0) is 6.54 Å². The Hall–Kier alpha value is -1.97. The molecule has 0 unspecified atom stereocenters. The fourth-order valence-electron chi connectivity index (χ4n) is 1.89. The molecule has 0 radical (unpaired) electrons. The van der Waals surface area contributed by atoms with Gasteiger partial charge in [0.1, 0.15) is 5.75 Å². The summed E-state index contributed by atoms with van der Waals surface area (Å²) in [6, 6.07) is 5.65. The molecule has 0 amide bonds. The van der Waals surface area contributed by atoms with Crippen molar-refractivity contribution in [1.82, 2.24) is 9.78 Å². The third-order valence-electron chi connectivity index (χ3n) is 2.76. The van der Waals surface area contributed by atoms with Crippen LogP contribution in [0.1, 0.15) is 13.8 Å². The summed E-state index contributed by atoms with van der Waals surface area (Å²) in [5.41, 5.74) is 8.71. The number of methoxy groups -OCH3 is 1. The number of anilines is 1. The van der Waals surface area contributed by atoms with E-state index in [-0.39, 0.29) is 0 Å². The minimum Gasteiger partial charge on any atom is -0.497 e. The Morgan fingerprint density at radius 3 is 2.83 bits per heavy atom. The van der Waals surface area contributed by atoms with Gasteiger partial charge in [0.25, 0.3) is 0 Å². The molecule has 96 valence electrons. The molecule has 0 aliphatic carbocycles. The third kappa shape index (κ3) is 2.64. The molecule has 18 heavy (non-hydrogen) atoms. The van der Waals surface area contributed by atoms with Crippen molar-refractivity contribution in [2.45, 2.75) is 20.4 Å². The number of ether oxygens (including phenoxy) is 1. The summed E-state index contributed by atoms with van der Waals surface area (Å²) in [7, 11) is 1.65. The van der Waals surface area contributed by atoms with Crippen molar-refractivity contribution in [3.05, 3.63) is 30.6 Å². The van der Waals surface area contributed by atoms with Crippen molar-refractivity contribution in [1.29, 1.82) is 0 Å². The molecule has 4 heteroatoms. The van der Waals surface area contributed by atoms with Crippen LogP contribution in [0.5, 0.6) is 5.75 Å². The van der Waals surface area contributed by atoms with Gasteiger partial charge in [-0.2, -0.15) is 5.10 Å². The van der Waals surface area contributed by atoms with Crippen molar-refractivity contribution in [2.75, 3.05) is 12.8 Å². The highest BCUT2D eigenvalue weighted by Crippen LogP contribution is 2.29. The molecule has 2 rings (SSSR count). The fourth-order valence-corrected chi connectivity index (χ4v) is 1.89. The van der Waals surface area contributed by atoms with Gasteiger partial charge in [-0.05, 0) is 24.1 Å². The number of hydrogen-bond acceptors (Lipinski definition) is 3. The lowest BCUT2D eigenvalue weighted by Gasteiger charge is -2.06. The van der Waals surface area contributed by atoms with E-state index in [2.05, 4.69) is 18.9 Å². The van der Waals surface area contributed by atoms with Gasteiger partial charge in [-0.3, -0.25) is 4.68 Å². The van der Waals surface area contributed by atoms with E-state index in [4.69, 9.17) is 10.5 Å². The molecule has 0 aliphatic heterocycles. The molecule has 0 saturated carbocycles. The summed E-state index contributed by atoms with van der Waals surface area (Å²) in [4.78, 5) is 0. The van der Waals surface area contributed by atoms with Gasteiger partial charge in [-0.25, -0.2) is 0 Å². The smallest absolute Gasteiger partial charge is 0.119 e. The maximum absolute atomic E-state index is 5.99. The number of aromatic nitrogens is 2. The summed E-state index contributed by atoms with van der Waals surface area (Å²) in [6.07, 6.45) is 3.86. The van der Waals surface area contributed by atoms with Crippen LogP contribution in [0.2, 0.25) is 0 Å². The van der Waals surface area contributed by atoms with Crippen molar-refractivity contribution >= 4 is 5.69 Å². The van der Waals surface area contributed by atoms with E-state index in [1.54, 1.807) is 7.11 Å². The second kappa shape index (κ2) is 5.12. The predicted molar refractivity (Wildman–Crippen MR) is 73.5 cm³/mol. The van der Waals surface area contributed by atoms with Crippen LogP contribution in [0.15, 0.2) is 30.6 Å². The first-order valence-corrected chi connectivity index (χ1v) is 6.06. The fraction of sp³-hybridized carbons (Fsp3) is 0.357. The molecule has 4 nitrogen and oxygen atoms in total. The Balaban J connectivity index is 2.33. The lowest BCUT2D eigenvalue weighted by molar-refractivity contribution is 0.415. The summed E-state index contributed by atoms with van der Waals surface area (Å²) >= 11 is 0. The Bertz CT molecular complexity index is 532. The van der Waals surface area contributed by atoms with Crippen LogP contribution in [0.3, 0.4) is 0 Å². The van der Waals surface area contributed by atoms with Crippen molar-refractivity contribution in [3.8, 4) is 16.9 Å². The monoisotopic (exact) mass is 245 g/mol. The Labute approximate surface area is 107 Å². The molecule has 0 spiro atoms. The molecule has 1 aromatic heterocycles. The van der Waals surface area contributed by atoms with Gasteiger partial charge < -0.3 is 10.5 Å². The van der Waals surface area contributed by atoms with E-state index in [0.717, 1.165) is 29.1 Å². The highest BCUT2D eigenvalue weighted by Gasteiger charge is 2.07. The standard InChI is InChI=1S/C14H19N3O/c1-10(2)8-17-9-11(7-16-17)13-6-12(18-3)4-5-14(13)15/h4-7,9-10H,8,15H2,1-3H3. The van der Waals surface area contributed by atoms with E-state index in [9.17, 15) is 0 Å². The van der Waals surface area contributed by atoms with E-state index >= 15 is 0 Å². The first-order chi connectivity index (χ1) is 8.60. The zero-order chi connectivity index (χ0) is 13.1. The number of hydrogen-bond donors (Lipinski definition) is 1. The number of benzene rings is 1. The molecule has 0 saturated heterocycles. The molecule has 0 atom stereocenters. The lowest BCUT2D eigenvalue weighted by atomic mass is 10.1. The van der Waals surface area contributed by atoms with Crippen molar-refractivity contribution in [2.24, 2.45) is 5.92 Å². The third-order valence-corrected chi connectivity index (χ3v) is 2.76. The summed E-state index contributed by atoms with van der Waals surface area (Å²) in [6.45, 7) is 5.24. The average molecular weight is 245 g/mol. The van der Waals surface area contributed by atoms with Crippen molar-refractivity contribution < 1.29 is 4.74 Å². The van der Waals surface area contributed by atoms with E-state index < -0.39 is 0 Å². The van der Waals surface area contributed by atoms with Gasteiger partial charge in [0.05, 0.1) is 13.3 Å². The van der Waals surface area contributed by atoms with Gasteiger partial charge in [0.2, 0.25) is 0 Å². The topological polar surface area (TPSA) is 53.1 Å². The molecule has 2 aromatic rings. The Kier molecular flexibility index (Phi) is 3.55. The predicted octanol–water partition coefficient (Wildman–Crippen LogP) is 2.80. The number of nitrogens with two attached hydrogens (primary N) is 1. The summed E-state index contributed by atoms with van der Waals surface area (Å²) in [5.74, 6) is 1.37. The number of nitrogen functional groups attached to an aromatic ring is 1. The van der Waals surface area contributed by atoms with Crippen LogP contribution in [-0.4, -0.2) is 16.9 Å². The Morgan fingerprint density at radius 1 is 1.39 bits per heavy atom. The molecule has 0 fully saturated rings. The molecule has 0 aliphatic rings. The molecular formula is C14H19N3O. The molecule has 0 bridgehead atoms. The first-order valence-electron chi connectivity index (χ1n) is 6.06. The zero-order valence-electron chi connectivity index (χ0n) is 11.1. The summed E-state index contributed by atoms with van der Waals surface area (Å²) in [5, 5.41) is 4.35.